The number of rotatable bonds is 3. The van der Waals surface area contributed by atoms with E-state index in [1.807, 2.05) is 12.1 Å². The third-order valence-corrected chi connectivity index (χ3v) is 3.58. The van der Waals surface area contributed by atoms with Crippen molar-refractivity contribution in [2.24, 2.45) is 5.73 Å². The Hall–Kier alpha value is -1.22. The first-order valence-electron chi connectivity index (χ1n) is 6.38. The molecule has 0 saturated heterocycles. The first-order chi connectivity index (χ1) is 8.19. The highest BCUT2D eigenvalue weighted by molar-refractivity contribution is 5.45. The summed E-state index contributed by atoms with van der Waals surface area (Å²) in [6.45, 7) is 5.67. The topological polar surface area (TPSA) is 44.5 Å². The van der Waals surface area contributed by atoms with Crippen LogP contribution in [0.15, 0.2) is 18.2 Å². The van der Waals surface area contributed by atoms with E-state index < -0.39 is 0 Å². The Kier molecular flexibility index (Phi) is 3.57. The lowest BCUT2D eigenvalue weighted by Gasteiger charge is -2.27. The maximum Gasteiger partial charge on any atom is 0.161 e. The molecule has 2 rings (SSSR count). The molecule has 1 heterocycles. The van der Waals surface area contributed by atoms with Crippen LogP contribution < -0.4 is 15.2 Å². The molecule has 0 atom stereocenters. The van der Waals surface area contributed by atoms with Crippen LogP contribution in [0.2, 0.25) is 0 Å². The molecule has 0 radical (unpaired) electrons. The van der Waals surface area contributed by atoms with Crippen LogP contribution in [0.1, 0.15) is 38.7 Å². The third kappa shape index (κ3) is 2.39. The Bertz CT molecular complexity index is 386. The molecule has 94 valence electrons. The Morgan fingerprint density at radius 2 is 1.76 bits per heavy atom. The zero-order chi connectivity index (χ0) is 12.3. The van der Waals surface area contributed by atoms with Gasteiger partial charge in [-0.1, -0.05) is 19.9 Å². The normalized spacial score (nSPS) is 15.5. The second-order valence-corrected chi connectivity index (χ2v) is 4.58. The summed E-state index contributed by atoms with van der Waals surface area (Å²) in [5.74, 6) is 1.66. The zero-order valence-electron chi connectivity index (χ0n) is 10.7. The van der Waals surface area contributed by atoms with Crippen molar-refractivity contribution in [3.8, 4) is 11.5 Å². The fourth-order valence-corrected chi connectivity index (χ4v) is 2.13. The smallest absolute Gasteiger partial charge is 0.161 e. The molecule has 0 aliphatic carbocycles. The molecule has 0 spiro atoms. The number of hydrogen-bond acceptors (Lipinski definition) is 3. The van der Waals surface area contributed by atoms with Gasteiger partial charge in [0, 0.05) is 12.0 Å². The van der Waals surface area contributed by atoms with E-state index in [1.54, 1.807) is 0 Å². The van der Waals surface area contributed by atoms with Gasteiger partial charge in [0.25, 0.3) is 0 Å². The summed E-state index contributed by atoms with van der Waals surface area (Å²) in [6, 6.07) is 6.07. The van der Waals surface area contributed by atoms with Crippen LogP contribution in [-0.2, 0) is 5.54 Å². The molecular formula is C14H21NO2. The lowest BCUT2D eigenvalue weighted by molar-refractivity contribution is 0.296. The molecule has 3 heteroatoms. The van der Waals surface area contributed by atoms with Gasteiger partial charge in [0.2, 0.25) is 0 Å². The largest absolute Gasteiger partial charge is 0.490 e. The van der Waals surface area contributed by atoms with Crippen molar-refractivity contribution in [2.45, 2.75) is 38.6 Å². The molecule has 0 amide bonds. The molecule has 0 bridgehead atoms. The summed E-state index contributed by atoms with van der Waals surface area (Å²) in [7, 11) is 0. The minimum absolute atomic E-state index is 0.259. The van der Waals surface area contributed by atoms with Crippen LogP contribution in [0.5, 0.6) is 11.5 Å². The summed E-state index contributed by atoms with van der Waals surface area (Å²) in [5, 5.41) is 0. The summed E-state index contributed by atoms with van der Waals surface area (Å²) < 4.78 is 11.3. The monoisotopic (exact) mass is 235 g/mol. The van der Waals surface area contributed by atoms with Gasteiger partial charge in [-0.2, -0.15) is 0 Å². The van der Waals surface area contributed by atoms with Gasteiger partial charge in [0.15, 0.2) is 11.5 Å². The third-order valence-electron chi connectivity index (χ3n) is 3.58. The second kappa shape index (κ2) is 4.96. The van der Waals surface area contributed by atoms with Gasteiger partial charge in [0.05, 0.1) is 13.2 Å². The number of nitrogens with two attached hydrogens (primary N) is 1. The van der Waals surface area contributed by atoms with Gasteiger partial charge in [-0.15, -0.1) is 0 Å². The fraction of sp³-hybridized carbons (Fsp3) is 0.571. The molecule has 0 saturated carbocycles. The Balaban J connectivity index is 2.35. The quantitative estimate of drug-likeness (QED) is 0.876. The van der Waals surface area contributed by atoms with Gasteiger partial charge < -0.3 is 15.2 Å². The van der Waals surface area contributed by atoms with Crippen LogP contribution in [0.25, 0.3) is 0 Å². The molecule has 1 aliphatic heterocycles. The minimum Gasteiger partial charge on any atom is -0.490 e. The molecule has 1 aliphatic rings. The summed E-state index contributed by atoms with van der Waals surface area (Å²) in [6.07, 6.45) is 2.77. The second-order valence-electron chi connectivity index (χ2n) is 4.58. The number of benzene rings is 1. The Morgan fingerprint density at radius 1 is 1.12 bits per heavy atom. The van der Waals surface area contributed by atoms with Gasteiger partial charge in [-0.25, -0.2) is 0 Å². The van der Waals surface area contributed by atoms with Crippen LogP contribution in [0, 0.1) is 0 Å². The van der Waals surface area contributed by atoms with Crippen LogP contribution >= 0.6 is 0 Å². The fourth-order valence-electron chi connectivity index (χ4n) is 2.13. The van der Waals surface area contributed by atoms with E-state index in [2.05, 4.69) is 19.9 Å². The van der Waals surface area contributed by atoms with Crippen molar-refractivity contribution in [3.63, 3.8) is 0 Å². The molecule has 0 fully saturated rings. The number of ether oxygens (including phenoxy) is 2. The molecule has 0 unspecified atom stereocenters. The van der Waals surface area contributed by atoms with Crippen LogP contribution in [-0.4, -0.2) is 13.2 Å². The lowest BCUT2D eigenvalue weighted by Crippen LogP contribution is -2.35. The minimum atomic E-state index is -0.259. The van der Waals surface area contributed by atoms with Crippen LogP contribution in [0.3, 0.4) is 0 Å². The van der Waals surface area contributed by atoms with E-state index >= 15 is 0 Å². The average Bonchev–Trinajstić information content (AvgIpc) is 2.62. The summed E-state index contributed by atoms with van der Waals surface area (Å²) in [5.41, 5.74) is 7.27. The van der Waals surface area contributed by atoms with E-state index in [9.17, 15) is 0 Å². The van der Waals surface area contributed by atoms with Crippen molar-refractivity contribution in [3.05, 3.63) is 23.8 Å². The molecular weight excluding hydrogens is 214 g/mol. The molecule has 1 aromatic carbocycles. The summed E-state index contributed by atoms with van der Waals surface area (Å²) in [4.78, 5) is 0. The first kappa shape index (κ1) is 12.2. The van der Waals surface area contributed by atoms with Crippen molar-refractivity contribution in [2.75, 3.05) is 13.2 Å². The maximum absolute atomic E-state index is 6.39. The Morgan fingerprint density at radius 3 is 2.41 bits per heavy atom. The van der Waals surface area contributed by atoms with Crippen molar-refractivity contribution in [1.29, 1.82) is 0 Å². The highest BCUT2D eigenvalue weighted by Crippen LogP contribution is 2.35. The van der Waals surface area contributed by atoms with Gasteiger partial charge >= 0.3 is 0 Å². The molecule has 3 nitrogen and oxygen atoms in total. The molecule has 2 N–H and O–H groups in total. The standard InChI is InChI=1S/C14H21NO2/c1-3-14(15,4-2)11-6-7-12-13(10-11)17-9-5-8-16-12/h6-7,10H,3-5,8-9,15H2,1-2H3. The maximum atomic E-state index is 6.39. The number of fused-ring (bicyclic) bond motifs is 1. The van der Waals surface area contributed by atoms with Crippen molar-refractivity contribution >= 4 is 0 Å². The highest BCUT2D eigenvalue weighted by atomic mass is 16.5. The lowest BCUT2D eigenvalue weighted by atomic mass is 9.86. The molecule has 1 aromatic rings. The number of hydrogen-bond donors (Lipinski definition) is 1. The first-order valence-corrected chi connectivity index (χ1v) is 6.38. The van der Waals surface area contributed by atoms with Crippen LogP contribution in [0.4, 0.5) is 0 Å². The van der Waals surface area contributed by atoms with Gasteiger partial charge in [-0.3, -0.25) is 0 Å². The predicted molar refractivity (Wildman–Crippen MR) is 68.5 cm³/mol. The van der Waals surface area contributed by atoms with E-state index in [4.69, 9.17) is 15.2 Å². The molecule has 17 heavy (non-hydrogen) atoms. The highest BCUT2D eigenvalue weighted by Gasteiger charge is 2.24. The van der Waals surface area contributed by atoms with Gasteiger partial charge in [-0.05, 0) is 30.5 Å². The predicted octanol–water partition coefficient (Wildman–Crippen LogP) is 2.82. The van der Waals surface area contributed by atoms with E-state index in [-0.39, 0.29) is 5.54 Å². The molecule has 0 aromatic heterocycles. The summed E-state index contributed by atoms with van der Waals surface area (Å²) >= 11 is 0. The van der Waals surface area contributed by atoms with E-state index in [0.29, 0.717) is 6.61 Å². The SMILES string of the molecule is CCC(N)(CC)c1ccc2c(c1)OCCCO2. The van der Waals surface area contributed by atoms with Crippen molar-refractivity contribution in [1.82, 2.24) is 0 Å². The van der Waals surface area contributed by atoms with E-state index in [0.717, 1.165) is 42.9 Å². The average molecular weight is 235 g/mol. The van der Waals surface area contributed by atoms with Gasteiger partial charge in [0.1, 0.15) is 0 Å². The van der Waals surface area contributed by atoms with Crippen molar-refractivity contribution < 1.29 is 9.47 Å². The zero-order valence-corrected chi connectivity index (χ0v) is 10.7. The Labute approximate surface area is 103 Å². The van der Waals surface area contributed by atoms with E-state index in [1.165, 1.54) is 0 Å².